The van der Waals surface area contributed by atoms with Crippen LogP contribution in [0.1, 0.15) is 55.4 Å². The topological polar surface area (TPSA) is 0 Å². The highest BCUT2D eigenvalue weighted by atomic mass is 33.1. The van der Waals surface area contributed by atoms with E-state index in [0.717, 1.165) is 0 Å². The fourth-order valence-corrected chi connectivity index (χ4v) is 3.02. The van der Waals surface area contributed by atoms with Crippen molar-refractivity contribution in [3.05, 3.63) is 60.7 Å². The van der Waals surface area contributed by atoms with Crippen LogP contribution in [-0.2, 0) is 0 Å². The summed E-state index contributed by atoms with van der Waals surface area (Å²) in [7, 11) is 3.58. The van der Waals surface area contributed by atoms with Crippen molar-refractivity contribution in [3.8, 4) is 0 Å². The first-order valence-electron chi connectivity index (χ1n) is 8.40. The minimum absolute atomic E-state index is 1.29. The Labute approximate surface area is 147 Å². The summed E-state index contributed by atoms with van der Waals surface area (Å²) in [6.07, 6.45) is 0. The highest BCUT2D eigenvalue weighted by Crippen LogP contribution is 2.36. The van der Waals surface area contributed by atoms with E-state index in [1.165, 1.54) is 9.79 Å². The first kappa shape index (κ1) is 26.1. The normalized spacial score (nSPS) is 7.45. The lowest BCUT2D eigenvalue weighted by molar-refractivity contribution is 1.47. The van der Waals surface area contributed by atoms with Crippen LogP contribution in [0.2, 0.25) is 0 Å². The van der Waals surface area contributed by atoms with Crippen LogP contribution < -0.4 is 0 Å². The van der Waals surface area contributed by atoms with Crippen molar-refractivity contribution in [2.75, 3.05) is 0 Å². The molecule has 0 spiro atoms. The molecule has 0 atom stereocenters. The Balaban J connectivity index is -0.000000394. The molecular formula is C20H34S2. The third-order valence-electron chi connectivity index (χ3n) is 1.72. The van der Waals surface area contributed by atoms with Crippen LogP contribution in [-0.4, -0.2) is 0 Å². The van der Waals surface area contributed by atoms with E-state index >= 15 is 0 Å². The summed E-state index contributed by atoms with van der Waals surface area (Å²) in [5.74, 6) is 0. The van der Waals surface area contributed by atoms with Crippen LogP contribution in [0.3, 0.4) is 0 Å². The molecule has 2 aromatic rings. The Bertz CT molecular complexity index is 332. The Morgan fingerprint density at radius 1 is 0.409 bits per heavy atom. The first-order chi connectivity index (χ1) is 10.9. The molecule has 2 heteroatoms. The summed E-state index contributed by atoms with van der Waals surface area (Å²) in [5.41, 5.74) is 0. The summed E-state index contributed by atoms with van der Waals surface area (Å²) in [6, 6.07) is 20.8. The molecular weight excluding hydrogens is 304 g/mol. The average Bonchev–Trinajstić information content (AvgIpc) is 2.68. The zero-order chi connectivity index (χ0) is 17.6. The first-order valence-corrected chi connectivity index (χ1v) is 10.5. The van der Waals surface area contributed by atoms with Crippen molar-refractivity contribution in [2.45, 2.75) is 65.2 Å². The summed E-state index contributed by atoms with van der Waals surface area (Å²) >= 11 is 0. The Morgan fingerprint density at radius 2 is 0.636 bits per heavy atom. The van der Waals surface area contributed by atoms with Gasteiger partial charge in [-0.2, -0.15) is 0 Å². The second-order valence-electron chi connectivity index (χ2n) is 2.79. The fraction of sp³-hybridized carbons (Fsp3) is 0.400. The highest BCUT2D eigenvalue weighted by Gasteiger charge is 1.94. The van der Waals surface area contributed by atoms with E-state index in [9.17, 15) is 0 Å². The summed E-state index contributed by atoms with van der Waals surface area (Å²) < 4.78 is 0. The van der Waals surface area contributed by atoms with Crippen molar-refractivity contribution >= 4 is 21.6 Å². The van der Waals surface area contributed by atoms with Gasteiger partial charge in [-0.25, -0.2) is 0 Å². The third-order valence-corrected chi connectivity index (χ3v) is 4.14. The van der Waals surface area contributed by atoms with Crippen LogP contribution >= 0.6 is 21.6 Å². The molecule has 22 heavy (non-hydrogen) atoms. The maximum atomic E-state index is 2.13. The number of hydrogen-bond donors (Lipinski definition) is 0. The summed E-state index contributed by atoms with van der Waals surface area (Å²) in [6.45, 7) is 16.0. The van der Waals surface area contributed by atoms with Gasteiger partial charge in [-0.1, -0.05) is 113 Å². The lowest BCUT2D eigenvalue weighted by atomic mass is 10.4. The molecule has 2 rings (SSSR count). The van der Waals surface area contributed by atoms with Crippen molar-refractivity contribution in [1.82, 2.24) is 0 Å². The molecule has 0 aliphatic heterocycles. The van der Waals surface area contributed by atoms with Crippen LogP contribution in [0.25, 0.3) is 0 Å². The SMILES string of the molecule is CC.CC.CC.CC.c1ccc(SSc2ccccc2)cc1. The molecule has 0 N–H and O–H groups in total. The molecule has 0 nitrogen and oxygen atoms in total. The van der Waals surface area contributed by atoms with Crippen LogP contribution in [0, 0.1) is 0 Å². The van der Waals surface area contributed by atoms with Gasteiger partial charge < -0.3 is 0 Å². The van der Waals surface area contributed by atoms with E-state index < -0.39 is 0 Å². The van der Waals surface area contributed by atoms with E-state index in [-0.39, 0.29) is 0 Å². The standard InChI is InChI=1S/C12H10S2.4C2H6/c1-3-7-11(8-4-1)13-14-12-9-5-2-6-10-12;4*1-2/h1-10H;4*1-2H3. The molecule has 2 aromatic carbocycles. The molecule has 0 aliphatic rings. The van der Waals surface area contributed by atoms with Crippen molar-refractivity contribution < 1.29 is 0 Å². The van der Waals surface area contributed by atoms with Gasteiger partial charge in [0.2, 0.25) is 0 Å². The van der Waals surface area contributed by atoms with E-state index in [4.69, 9.17) is 0 Å². The second kappa shape index (κ2) is 25.1. The highest BCUT2D eigenvalue weighted by molar-refractivity contribution is 8.76. The zero-order valence-electron chi connectivity index (χ0n) is 15.6. The molecule has 0 fully saturated rings. The number of benzene rings is 2. The second-order valence-corrected chi connectivity index (χ2v) is 5.07. The quantitative estimate of drug-likeness (QED) is 0.514. The predicted molar refractivity (Wildman–Crippen MR) is 110 cm³/mol. The molecule has 0 unspecified atom stereocenters. The van der Waals surface area contributed by atoms with E-state index in [1.807, 2.05) is 67.5 Å². The van der Waals surface area contributed by atoms with Crippen LogP contribution in [0.5, 0.6) is 0 Å². The van der Waals surface area contributed by atoms with E-state index in [1.54, 1.807) is 21.6 Å². The van der Waals surface area contributed by atoms with Gasteiger partial charge >= 0.3 is 0 Å². The molecule has 0 aliphatic carbocycles. The smallest absolute Gasteiger partial charge is 0.0186 e. The monoisotopic (exact) mass is 338 g/mol. The molecule has 0 bridgehead atoms. The minimum Gasteiger partial charge on any atom is -0.0683 e. The van der Waals surface area contributed by atoms with Gasteiger partial charge in [-0.15, -0.1) is 0 Å². The number of rotatable bonds is 3. The lowest BCUT2D eigenvalue weighted by Crippen LogP contribution is -1.67. The Kier molecular flexibility index (Phi) is 29.7. The van der Waals surface area contributed by atoms with Crippen molar-refractivity contribution in [3.63, 3.8) is 0 Å². The maximum absolute atomic E-state index is 2.13. The molecule has 0 radical (unpaired) electrons. The van der Waals surface area contributed by atoms with Crippen molar-refractivity contribution in [2.24, 2.45) is 0 Å². The molecule has 0 aromatic heterocycles. The fourth-order valence-electron chi connectivity index (χ4n) is 1.05. The van der Waals surface area contributed by atoms with E-state index in [2.05, 4.69) is 48.5 Å². The molecule has 126 valence electrons. The molecule has 0 amide bonds. The summed E-state index contributed by atoms with van der Waals surface area (Å²) in [5, 5.41) is 0. The zero-order valence-corrected chi connectivity index (χ0v) is 17.2. The lowest BCUT2D eigenvalue weighted by Gasteiger charge is -1.99. The van der Waals surface area contributed by atoms with Gasteiger partial charge in [0.1, 0.15) is 0 Å². The van der Waals surface area contributed by atoms with Gasteiger partial charge in [0.25, 0.3) is 0 Å². The van der Waals surface area contributed by atoms with Gasteiger partial charge in [0.05, 0.1) is 0 Å². The molecule has 0 saturated heterocycles. The Hall–Kier alpha value is -0.860. The predicted octanol–water partition coefficient (Wildman–Crippen LogP) is 8.59. The average molecular weight is 339 g/mol. The van der Waals surface area contributed by atoms with Crippen molar-refractivity contribution in [1.29, 1.82) is 0 Å². The van der Waals surface area contributed by atoms with E-state index in [0.29, 0.717) is 0 Å². The minimum atomic E-state index is 1.29. The Morgan fingerprint density at radius 3 is 0.864 bits per heavy atom. The van der Waals surface area contributed by atoms with Gasteiger partial charge in [0.15, 0.2) is 0 Å². The maximum Gasteiger partial charge on any atom is 0.0186 e. The third kappa shape index (κ3) is 15.5. The largest absolute Gasteiger partial charge is 0.0683 e. The van der Waals surface area contributed by atoms with Crippen LogP contribution in [0.15, 0.2) is 70.5 Å². The van der Waals surface area contributed by atoms with Gasteiger partial charge in [-0.3, -0.25) is 0 Å². The molecule has 0 saturated carbocycles. The van der Waals surface area contributed by atoms with Crippen LogP contribution in [0.4, 0.5) is 0 Å². The van der Waals surface area contributed by atoms with Gasteiger partial charge in [-0.05, 0) is 24.3 Å². The van der Waals surface area contributed by atoms with Gasteiger partial charge in [0, 0.05) is 9.79 Å². The summed E-state index contributed by atoms with van der Waals surface area (Å²) in [4.78, 5) is 2.59. The molecule has 0 heterocycles. The number of hydrogen-bond acceptors (Lipinski definition) is 2.